The van der Waals surface area contributed by atoms with Gasteiger partial charge in [-0.1, -0.05) is 47.7 Å². The normalized spacial score (nSPS) is 15.1. The molecule has 1 saturated heterocycles. The van der Waals surface area contributed by atoms with E-state index in [9.17, 15) is 4.79 Å². The molecule has 0 bridgehead atoms. The highest BCUT2D eigenvalue weighted by Crippen LogP contribution is 2.34. The van der Waals surface area contributed by atoms with Crippen LogP contribution in [0.25, 0.3) is 6.08 Å². The summed E-state index contributed by atoms with van der Waals surface area (Å²) < 4.78 is 18.0. The Balaban J connectivity index is 1.65. The van der Waals surface area contributed by atoms with E-state index in [1.165, 1.54) is 22.2 Å². The SMILES string of the molecule is CCOc1cc(/C=C2/SC(=S)N(C)C2=O)ccc1OCCOc1ccc(C)cc1C. The molecular formula is C23H25NO4S2. The first-order valence-corrected chi connectivity index (χ1v) is 10.9. The van der Waals surface area contributed by atoms with E-state index in [-0.39, 0.29) is 5.91 Å². The second kappa shape index (κ2) is 10.00. The molecule has 7 heteroatoms. The lowest BCUT2D eigenvalue weighted by atomic mass is 10.1. The van der Waals surface area contributed by atoms with E-state index in [1.54, 1.807) is 7.05 Å². The summed E-state index contributed by atoms with van der Waals surface area (Å²) in [6.45, 7) is 7.33. The summed E-state index contributed by atoms with van der Waals surface area (Å²) in [5, 5.41) is 0. The third kappa shape index (κ3) is 5.34. The fourth-order valence-electron chi connectivity index (χ4n) is 2.96. The molecule has 0 unspecified atom stereocenters. The van der Waals surface area contributed by atoms with Crippen LogP contribution in [-0.4, -0.2) is 42.0 Å². The number of likely N-dealkylation sites (N-methyl/N-ethyl adjacent to an activating group) is 1. The number of ether oxygens (including phenoxy) is 3. The first kappa shape index (κ1) is 22.2. The fraction of sp³-hybridized carbons (Fsp3) is 0.304. The Morgan fingerprint density at radius 3 is 2.33 bits per heavy atom. The van der Waals surface area contributed by atoms with Gasteiger partial charge in [0.2, 0.25) is 0 Å². The Morgan fingerprint density at radius 2 is 1.70 bits per heavy atom. The molecule has 1 aliphatic rings. The van der Waals surface area contributed by atoms with Gasteiger partial charge in [0, 0.05) is 7.05 Å². The van der Waals surface area contributed by atoms with Crippen LogP contribution in [0.15, 0.2) is 41.3 Å². The molecule has 0 saturated carbocycles. The Hall–Kier alpha value is -2.51. The van der Waals surface area contributed by atoms with E-state index in [1.807, 2.05) is 50.3 Å². The van der Waals surface area contributed by atoms with Crippen LogP contribution in [0.4, 0.5) is 0 Å². The van der Waals surface area contributed by atoms with E-state index in [0.717, 1.165) is 16.9 Å². The van der Waals surface area contributed by atoms with Crippen molar-refractivity contribution in [3.63, 3.8) is 0 Å². The standard InChI is InChI=1S/C23H25NO4S2/c1-5-26-20-13-17(14-21-22(25)24(4)23(29)30-21)7-9-19(20)28-11-10-27-18-8-6-15(2)12-16(18)3/h6-9,12-14H,5,10-11H2,1-4H3/b21-14+. The number of benzene rings is 2. The van der Waals surface area contributed by atoms with Gasteiger partial charge in [0.1, 0.15) is 23.3 Å². The van der Waals surface area contributed by atoms with Gasteiger partial charge in [-0.3, -0.25) is 9.69 Å². The highest BCUT2D eigenvalue weighted by molar-refractivity contribution is 8.26. The van der Waals surface area contributed by atoms with E-state index in [2.05, 4.69) is 13.0 Å². The molecule has 5 nitrogen and oxygen atoms in total. The van der Waals surface area contributed by atoms with Gasteiger partial charge in [0.25, 0.3) is 5.91 Å². The zero-order valence-corrected chi connectivity index (χ0v) is 19.2. The summed E-state index contributed by atoms with van der Waals surface area (Å²) in [6, 6.07) is 11.7. The van der Waals surface area contributed by atoms with Crippen molar-refractivity contribution in [1.82, 2.24) is 4.90 Å². The van der Waals surface area contributed by atoms with Gasteiger partial charge in [-0.05, 0) is 56.2 Å². The molecule has 1 fully saturated rings. The van der Waals surface area contributed by atoms with Gasteiger partial charge in [0.05, 0.1) is 11.5 Å². The fourth-order valence-corrected chi connectivity index (χ4v) is 4.14. The maximum Gasteiger partial charge on any atom is 0.265 e. The first-order chi connectivity index (χ1) is 14.4. The van der Waals surface area contributed by atoms with Crippen LogP contribution in [0.2, 0.25) is 0 Å². The van der Waals surface area contributed by atoms with E-state index in [4.69, 9.17) is 26.4 Å². The summed E-state index contributed by atoms with van der Waals surface area (Å²) in [6.07, 6.45) is 1.82. The summed E-state index contributed by atoms with van der Waals surface area (Å²) in [4.78, 5) is 14.3. The first-order valence-electron chi connectivity index (χ1n) is 9.70. The molecule has 2 aromatic rings. The second-order valence-electron chi connectivity index (χ2n) is 6.85. The number of hydrogen-bond donors (Lipinski definition) is 0. The molecule has 158 valence electrons. The number of nitrogens with zero attached hydrogens (tertiary/aromatic N) is 1. The van der Waals surface area contributed by atoms with Crippen LogP contribution in [-0.2, 0) is 4.79 Å². The Morgan fingerprint density at radius 1 is 1.00 bits per heavy atom. The van der Waals surface area contributed by atoms with Crippen molar-refractivity contribution in [3.05, 3.63) is 58.0 Å². The molecule has 0 atom stereocenters. The molecule has 3 rings (SSSR count). The minimum absolute atomic E-state index is 0.0909. The van der Waals surface area contributed by atoms with E-state index < -0.39 is 0 Å². The smallest absolute Gasteiger partial charge is 0.265 e. The third-order valence-electron chi connectivity index (χ3n) is 4.48. The lowest BCUT2D eigenvalue weighted by Gasteiger charge is -2.14. The number of amides is 1. The van der Waals surface area contributed by atoms with Gasteiger partial charge >= 0.3 is 0 Å². The van der Waals surface area contributed by atoms with Crippen molar-refractivity contribution in [3.8, 4) is 17.2 Å². The van der Waals surface area contributed by atoms with Gasteiger partial charge in [0.15, 0.2) is 11.5 Å². The van der Waals surface area contributed by atoms with E-state index >= 15 is 0 Å². The molecule has 0 spiro atoms. The molecule has 0 N–H and O–H groups in total. The van der Waals surface area contributed by atoms with Crippen molar-refractivity contribution >= 4 is 40.3 Å². The minimum Gasteiger partial charge on any atom is -0.490 e. The molecule has 0 aromatic heterocycles. The summed E-state index contributed by atoms with van der Waals surface area (Å²) >= 11 is 6.48. The molecule has 30 heavy (non-hydrogen) atoms. The van der Waals surface area contributed by atoms with Crippen LogP contribution >= 0.6 is 24.0 Å². The maximum atomic E-state index is 12.2. The molecule has 2 aromatic carbocycles. The van der Waals surface area contributed by atoms with Crippen molar-refractivity contribution < 1.29 is 19.0 Å². The van der Waals surface area contributed by atoms with Gasteiger partial charge < -0.3 is 14.2 Å². The zero-order valence-electron chi connectivity index (χ0n) is 17.6. The molecule has 0 radical (unpaired) electrons. The predicted octanol–water partition coefficient (Wildman–Crippen LogP) is 4.99. The maximum absolute atomic E-state index is 12.2. The number of thioether (sulfide) groups is 1. The molecule has 1 heterocycles. The largest absolute Gasteiger partial charge is 0.490 e. The molecule has 0 aliphatic carbocycles. The lowest BCUT2D eigenvalue weighted by Crippen LogP contribution is -2.22. The summed E-state index contributed by atoms with van der Waals surface area (Å²) in [7, 11) is 1.68. The highest BCUT2D eigenvalue weighted by atomic mass is 32.2. The number of carbonyl (C=O) groups is 1. The molecule has 1 amide bonds. The van der Waals surface area contributed by atoms with E-state index in [0.29, 0.717) is 40.5 Å². The highest BCUT2D eigenvalue weighted by Gasteiger charge is 2.28. The van der Waals surface area contributed by atoms with Crippen molar-refractivity contribution in [2.45, 2.75) is 20.8 Å². The van der Waals surface area contributed by atoms with Gasteiger partial charge in [-0.2, -0.15) is 0 Å². The summed E-state index contributed by atoms with van der Waals surface area (Å²) in [5.74, 6) is 2.04. The van der Waals surface area contributed by atoms with Gasteiger partial charge in [-0.25, -0.2) is 0 Å². The summed E-state index contributed by atoms with van der Waals surface area (Å²) in [5.41, 5.74) is 3.16. The number of carbonyl (C=O) groups excluding carboxylic acids is 1. The Kier molecular flexibility index (Phi) is 7.39. The topological polar surface area (TPSA) is 48.0 Å². The monoisotopic (exact) mass is 443 g/mol. The third-order valence-corrected chi connectivity index (χ3v) is 5.97. The van der Waals surface area contributed by atoms with Gasteiger partial charge in [-0.15, -0.1) is 0 Å². The van der Waals surface area contributed by atoms with Crippen LogP contribution in [0, 0.1) is 13.8 Å². The number of rotatable bonds is 8. The quantitative estimate of drug-likeness (QED) is 0.325. The Labute approximate surface area is 187 Å². The number of aryl methyl sites for hydroxylation is 2. The minimum atomic E-state index is -0.0909. The lowest BCUT2D eigenvalue weighted by molar-refractivity contribution is -0.121. The molecule has 1 aliphatic heterocycles. The Bertz CT molecular complexity index is 987. The van der Waals surface area contributed by atoms with Crippen molar-refractivity contribution in [2.75, 3.05) is 26.9 Å². The van der Waals surface area contributed by atoms with Crippen molar-refractivity contribution in [1.29, 1.82) is 0 Å². The molecular weight excluding hydrogens is 418 g/mol. The van der Waals surface area contributed by atoms with Crippen LogP contribution in [0.1, 0.15) is 23.6 Å². The average Bonchev–Trinajstić information content (AvgIpc) is 2.95. The average molecular weight is 444 g/mol. The van der Waals surface area contributed by atoms with Crippen LogP contribution < -0.4 is 14.2 Å². The number of hydrogen-bond acceptors (Lipinski definition) is 6. The predicted molar refractivity (Wildman–Crippen MR) is 125 cm³/mol. The number of thiocarbonyl (C=S) groups is 1. The van der Waals surface area contributed by atoms with Crippen LogP contribution in [0.5, 0.6) is 17.2 Å². The zero-order chi connectivity index (χ0) is 21.7. The van der Waals surface area contributed by atoms with Crippen molar-refractivity contribution in [2.24, 2.45) is 0 Å². The second-order valence-corrected chi connectivity index (χ2v) is 8.52. The van der Waals surface area contributed by atoms with Crippen LogP contribution in [0.3, 0.4) is 0 Å².